The van der Waals surface area contributed by atoms with Gasteiger partial charge in [-0.25, -0.2) is 4.79 Å². The van der Waals surface area contributed by atoms with Gasteiger partial charge in [-0.15, -0.1) is 0 Å². The first kappa shape index (κ1) is 16.5. The van der Waals surface area contributed by atoms with E-state index in [2.05, 4.69) is 0 Å². The topological polar surface area (TPSA) is 101 Å². The molecule has 1 aliphatic carbocycles. The van der Waals surface area contributed by atoms with Crippen LogP contribution in [-0.2, 0) is 9.59 Å². The zero-order valence-electron chi connectivity index (χ0n) is 12.6. The lowest BCUT2D eigenvalue weighted by atomic mass is 9.66. The lowest BCUT2D eigenvalue weighted by molar-refractivity contribution is -0.145. The molecular formula is C17H16O6. The Morgan fingerprint density at radius 1 is 1.13 bits per heavy atom. The van der Waals surface area contributed by atoms with Crippen molar-refractivity contribution in [2.24, 2.45) is 11.3 Å². The molecule has 0 bridgehead atoms. The van der Waals surface area contributed by atoms with E-state index < -0.39 is 29.1 Å². The highest BCUT2D eigenvalue weighted by molar-refractivity contribution is 6.15. The van der Waals surface area contributed by atoms with Gasteiger partial charge >= 0.3 is 11.9 Å². The normalized spacial score (nSPS) is 23.0. The van der Waals surface area contributed by atoms with E-state index in [4.69, 9.17) is 4.74 Å². The number of benzene rings is 1. The molecule has 0 amide bonds. The molecule has 0 fully saturated rings. The van der Waals surface area contributed by atoms with E-state index >= 15 is 0 Å². The second kappa shape index (κ2) is 6.08. The van der Waals surface area contributed by atoms with Crippen molar-refractivity contribution in [2.75, 3.05) is 7.11 Å². The van der Waals surface area contributed by atoms with Crippen LogP contribution in [0.5, 0.6) is 5.75 Å². The van der Waals surface area contributed by atoms with Gasteiger partial charge < -0.3 is 14.9 Å². The number of carboxylic acid groups (broad SMARTS) is 2. The minimum atomic E-state index is -1.95. The summed E-state index contributed by atoms with van der Waals surface area (Å²) in [5.41, 5.74) is -1.88. The zero-order valence-corrected chi connectivity index (χ0v) is 12.6. The molecule has 2 atom stereocenters. The minimum Gasteiger partial charge on any atom is -0.497 e. The molecule has 120 valence electrons. The van der Waals surface area contributed by atoms with Crippen LogP contribution in [0.2, 0.25) is 0 Å². The fraction of sp³-hybridized carbons (Fsp3) is 0.235. The van der Waals surface area contributed by atoms with Crippen LogP contribution in [0.1, 0.15) is 17.3 Å². The Kier molecular flexibility index (Phi) is 4.36. The Balaban J connectivity index is 2.51. The Hall–Kier alpha value is -2.89. The Labute approximate surface area is 132 Å². The van der Waals surface area contributed by atoms with Crippen molar-refractivity contribution in [1.82, 2.24) is 0 Å². The molecule has 1 aliphatic rings. The number of Topliss-reactive ketones (excluding diaryl/α,β-unsaturated/α-hetero) is 1. The highest BCUT2D eigenvalue weighted by atomic mass is 16.5. The number of ketones is 1. The number of rotatable bonds is 5. The van der Waals surface area contributed by atoms with Gasteiger partial charge in [-0.1, -0.05) is 25.2 Å². The summed E-state index contributed by atoms with van der Waals surface area (Å²) in [5, 5.41) is 18.9. The average molecular weight is 316 g/mol. The lowest BCUT2D eigenvalue weighted by Crippen LogP contribution is -2.46. The van der Waals surface area contributed by atoms with E-state index in [1.807, 2.05) is 0 Å². The van der Waals surface area contributed by atoms with Crippen LogP contribution in [-0.4, -0.2) is 35.0 Å². The first-order valence-corrected chi connectivity index (χ1v) is 6.89. The average Bonchev–Trinajstić information content (AvgIpc) is 2.54. The van der Waals surface area contributed by atoms with E-state index in [0.717, 1.165) is 0 Å². The summed E-state index contributed by atoms with van der Waals surface area (Å²) in [7, 11) is 1.48. The smallest absolute Gasteiger partial charge is 0.331 e. The van der Waals surface area contributed by atoms with Gasteiger partial charge in [0.05, 0.1) is 7.11 Å². The molecule has 2 rings (SSSR count). The molecule has 23 heavy (non-hydrogen) atoms. The number of ether oxygens (including phenoxy) is 1. The van der Waals surface area contributed by atoms with Gasteiger partial charge in [-0.3, -0.25) is 9.59 Å². The maximum absolute atomic E-state index is 12.8. The number of allylic oxidation sites excluding steroid dienone is 2. The molecule has 0 aromatic heterocycles. The van der Waals surface area contributed by atoms with Crippen LogP contribution >= 0.6 is 0 Å². The number of carbonyl (C=O) groups excluding carboxylic acids is 1. The summed E-state index contributed by atoms with van der Waals surface area (Å²) < 4.78 is 5.01. The van der Waals surface area contributed by atoms with Gasteiger partial charge in [0.1, 0.15) is 5.75 Å². The molecule has 1 aromatic rings. The molecule has 0 aliphatic heterocycles. The Morgan fingerprint density at radius 3 is 2.22 bits per heavy atom. The number of aliphatic carboxylic acids is 2. The quantitative estimate of drug-likeness (QED) is 0.638. The summed E-state index contributed by atoms with van der Waals surface area (Å²) in [6, 6.07) is 6.03. The Morgan fingerprint density at radius 2 is 1.74 bits per heavy atom. The molecule has 0 spiro atoms. The largest absolute Gasteiger partial charge is 0.497 e. The monoisotopic (exact) mass is 316 g/mol. The first-order chi connectivity index (χ1) is 10.8. The first-order valence-electron chi connectivity index (χ1n) is 6.89. The standard InChI is InChI=1S/C17H16O6/c1-10-13(15(19)20)4-3-9-17(10,16(21)22)14(18)11-5-7-12(23-2)8-6-11/h3-10H,1-2H3,(H,19,20)(H,21,22). The second-order valence-electron chi connectivity index (χ2n) is 5.24. The molecule has 0 saturated carbocycles. The van der Waals surface area contributed by atoms with Gasteiger partial charge in [0.25, 0.3) is 0 Å². The fourth-order valence-electron chi connectivity index (χ4n) is 2.70. The van der Waals surface area contributed by atoms with Crippen molar-refractivity contribution >= 4 is 17.7 Å². The summed E-state index contributed by atoms with van der Waals surface area (Å²) >= 11 is 0. The summed E-state index contributed by atoms with van der Waals surface area (Å²) in [6.45, 7) is 1.43. The van der Waals surface area contributed by atoms with Gasteiger partial charge in [-0.05, 0) is 24.3 Å². The third-order valence-electron chi connectivity index (χ3n) is 4.11. The maximum atomic E-state index is 12.8. The second-order valence-corrected chi connectivity index (χ2v) is 5.24. The minimum absolute atomic E-state index is 0.114. The predicted octanol–water partition coefficient (Wildman–Crippen LogP) is 2.17. The Bertz CT molecular complexity index is 713. The van der Waals surface area contributed by atoms with E-state index in [1.165, 1.54) is 44.4 Å². The van der Waals surface area contributed by atoms with E-state index in [-0.39, 0.29) is 11.1 Å². The van der Waals surface area contributed by atoms with Gasteiger partial charge in [0.2, 0.25) is 0 Å². The van der Waals surface area contributed by atoms with Crippen LogP contribution in [0.4, 0.5) is 0 Å². The summed E-state index contributed by atoms with van der Waals surface area (Å²) in [4.78, 5) is 36.0. The highest BCUT2D eigenvalue weighted by Crippen LogP contribution is 2.41. The molecule has 6 heteroatoms. The van der Waals surface area contributed by atoms with Crippen LogP contribution < -0.4 is 4.74 Å². The number of hydrogen-bond donors (Lipinski definition) is 2. The molecule has 0 saturated heterocycles. The van der Waals surface area contributed by atoms with Gasteiger partial charge in [0.15, 0.2) is 11.2 Å². The fourth-order valence-corrected chi connectivity index (χ4v) is 2.70. The number of methoxy groups -OCH3 is 1. The van der Waals surface area contributed by atoms with Gasteiger partial charge in [0, 0.05) is 17.1 Å². The highest BCUT2D eigenvalue weighted by Gasteiger charge is 2.52. The predicted molar refractivity (Wildman–Crippen MR) is 81.4 cm³/mol. The van der Waals surface area contributed by atoms with Crippen molar-refractivity contribution in [2.45, 2.75) is 6.92 Å². The van der Waals surface area contributed by atoms with E-state index in [0.29, 0.717) is 5.75 Å². The molecular weight excluding hydrogens is 300 g/mol. The SMILES string of the molecule is COc1ccc(C(=O)C2(C(=O)O)C=CC=C(C(=O)O)C2C)cc1. The molecule has 2 N–H and O–H groups in total. The van der Waals surface area contributed by atoms with Crippen LogP contribution in [0.15, 0.2) is 48.1 Å². The third kappa shape index (κ3) is 2.63. The molecule has 1 aromatic carbocycles. The third-order valence-corrected chi connectivity index (χ3v) is 4.11. The van der Waals surface area contributed by atoms with Crippen molar-refractivity contribution in [3.8, 4) is 5.75 Å². The van der Waals surface area contributed by atoms with Crippen molar-refractivity contribution in [3.05, 3.63) is 53.6 Å². The zero-order chi connectivity index (χ0) is 17.2. The summed E-state index contributed by atoms with van der Waals surface area (Å²) in [6.07, 6.45) is 3.87. The van der Waals surface area contributed by atoms with Crippen molar-refractivity contribution in [1.29, 1.82) is 0 Å². The number of carboxylic acids is 2. The van der Waals surface area contributed by atoms with E-state index in [1.54, 1.807) is 12.1 Å². The van der Waals surface area contributed by atoms with Crippen molar-refractivity contribution in [3.63, 3.8) is 0 Å². The molecule has 0 heterocycles. The summed E-state index contributed by atoms with van der Waals surface area (Å²) in [5.74, 6) is -3.76. The lowest BCUT2D eigenvalue weighted by Gasteiger charge is -2.33. The van der Waals surface area contributed by atoms with Crippen molar-refractivity contribution < 1.29 is 29.3 Å². The van der Waals surface area contributed by atoms with Crippen LogP contribution in [0.3, 0.4) is 0 Å². The number of carbonyl (C=O) groups is 3. The maximum Gasteiger partial charge on any atom is 0.331 e. The van der Waals surface area contributed by atoms with Gasteiger partial charge in [-0.2, -0.15) is 0 Å². The number of hydrogen-bond acceptors (Lipinski definition) is 4. The van der Waals surface area contributed by atoms with Crippen LogP contribution in [0.25, 0.3) is 0 Å². The van der Waals surface area contributed by atoms with E-state index in [9.17, 15) is 24.6 Å². The molecule has 6 nitrogen and oxygen atoms in total. The molecule has 2 unspecified atom stereocenters. The molecule has 0 radical (unpaired) electrons. The van der Waals surface area contributed by atoms with Crippen LogP contribution in [0, 0.1) is 11.3 Å².